The molecule has 1 aliphatic rings. The van der Waals surface area contributed by atoms with Gasteiger partial charge in [-0.25, -0.2) is 9.79 Å². The molecule has 0 aliphatic carbocycles. The molecular weight excluding hydrogens is 508 g/mol. The van der Waals surface area contributed by atoms with Crippen LogP contribution >= 0.6 is 38.6 Å². The molecule has 3 aromatic rings. The molecule has 1 atom stereocenters. The monoisotopic (exact) mass is 530 g/mol. The van der Waals surface area contributed by atoms with Crippen LogP contribution in [0.1, 0.15) is 55.7 Å². The minimum Gasteiger partial charge on any atom is -0.463 e. The highest BCUT2D eigenvalue weighted by Gasteiger charge is 2.33. The predicted molar refractivity (Wildman–Crippen MR) is 133 cm³/mol. The number of carbonyl (C=O) groups excluding carboxylic acids is 1. The van der Waals surface area contributed by atoms with E-state index in [0.29, 0.717) is 26.5 Å². The first kappa shape index (κ1) is 22.9. The average Bonchev–Trinajstić information content (AvgIpc) is 3.30. The van der Waals surface area contributed by atoms with Crippen LogP contribution in [0.2, 0.25) is 0 Å². The van der Waals surface area contributed by atoms with E-state index < -0.39 is 12.0 Å². The summed E-state index contributed by atoms with van der Waals surface area (Å²) in [6.07, 6.45) is 1.88. The van der Waals surface area contributed by atoms with E-state index in [0.717, 1.165) is 14.9 Å². The van der Waals surface area contributed by atoms with Crippen molar-refractivity contribution in [2.75, 3.05) is 6.61 Å². The molecule has 32 heavy (non-hydrogen) atoms. The smallest absolute Gasteiger partial charge is 0.338 e. The number of fused-ring (bicyclic) bond motifs is 1. The van der Waals surface area contributed by atoms with E-state index in [1.54, 1.807) is 29.8 Å². The van der Waals surface area contributed by atoms with Crippen molar-refractivity contribution in [3.63, 3.8) is 0 Å². The molecule has 1 aromatic carbocycles. The molecule has 0 bridgehead atoms. The van der Waals surface area contributed by atoms with Gasteiger partial charge in [-0.05, 0) is 64.3 Å². The highest BCUT2D eigenvalue weighted by Crippen LogP contribution is 2.31. The van der Waals surface area contributed by atoms with Crippen molar-refractivity contribution < 1.29 is 9.53 Å². The number of thiazole rings is 1. The highest BCUT2D eigenvalue weighted by molar-refractivity contribution is 9.10. The number of carbonyl (C=O) groups is 1. The van der Waals surface area contributed by atoms with Crippen molar-refractivity contribution in [2.45, 2.75) is 39.7 Å². The zero-order chi connectivity index (χ0) is 23.0. The predicted octanol–water partition coefficient (Wildman–Crippen LogP) is 4.75. The number of halogens is 1. The van der Waals surface area contributed by atoms with Crippen LogP contribution in [0.4, 0.5) is 0 Å². The summed E-state index contributed by atoms with van der Waals surface area (Å²) in [5.41, 5.74) is 2.87. The van der Waals surface area contributed by atoms with Gasteiger partial charge in [0.1, 0.15) is 0 Å². The Labute approximate surface area is 202 Å². The number of ether oxygens (including phenoxy) is 1. The van der Waals surface area contributed by atoms with E-state index in [1.807, 2.05) is 29.7 Å². The number of esters is 1. The van der Waals surface area contributed by atoms with Crippen LogP contribution in [-0.2, 0) is 9.53 Å². The molecule has 4 rings (SSSR count). The summed E-state index contributed by atoms with van der Waals surface area (Å²) in [5.74, 6) is -0.0564. The molecule has 0 N–H and O–H groups in total. The Bertz CT molecular complexity index is 1380. The van der Waals surface area contributed by atoms with Gasteiger partial charge in [-0.2, -0.15) is 0 Å². The Morgan fingerprint density at radius 3 is 2.59 bits per heavy atom. The standard InChI is InChI=1S/C24H23BrN2O3S2/c1-5-30-23(29)20-14(4)26-24-27(21(20)16-8-6-15(7-9-16)13(2)3)22(28)19(32-24)12-18-17(25)10-11-31-18/h6-13,21H,5H2,1-4H3/b19-12+/t21-/m1/s1. The fraction of sp³-hybridized carbons (Fsp3) is 0.292. The van der Waals surface area contributed by atoms with Gasteiger partial charge in [0.25, 0.3) is 5.56 Å². The Morgan fingerprint density at radius 2 is 2.00 bits per heavy atom. The molecule has 0 spiro atoms. The zero-order valence-electron chi connectivity index (χ0n) is 18.2. The third-order valence-electron chi connectivity index (χ3n) is 5.34. The molecule has 0 radical (unpaired) electrons. The molecule has 0 amide bonds. The lowest BCUT2D eigenvalue weighted by Crippen LogP contribution is -2.39. The van der Waals surface area contributed by atoms with Crippen molar-refractivity contribution in [3.05, 3.63) is 87.1 Å². The number of hydrogen-bond donors (Lipinski definition) is 0. The summed E-state index contributed by atoms with van der Waals surface area (Å²) in [7, 11) is 0. The van der Waals surface area contributed by atoms with E-state index in [-0.39, 0.29) is 12.2 Å². The first-order chi connectivity index (χ1) is 15.3. The van der Waals surface area contributed by atoms with Crippen LogP contribution in [0, 0.1) is 0 Å². The minimum absolute atomic E-state index is 0.165. The van der Waals surface area contributed by atoms with Crippen molar-refractivity contribution >= 4 is 50.6 Å². The number of rotatable bonds is 5. The number of thiophene rings is 1. The van der Waals surface area contributed by atoms with Gasteiger partial charge in [0.05, 0.1) is 28.5 Å². The molecule has 0 unspecified atom stereocenters. The second kappa shape index (κ2) is 9.29. The lowest BCUT2D eigenvalue weighted by molar-refractivity contribution is -0.139. The molecule has 8 heteroatoms. The summed E-state index contributed by atoms with van der Waals surface area (Å²) in [5, 5.41) is 1.97. The number of aromatic nitrogens is 1. The summed E-state index contributed by atoms with van der Waals surface area (Å²) >= 11 is 6.41. The van der Waals surface area contributed by atoms with Gasteiger partial charge in [0.2, 0.25) is 0 Å². The Morgan fingerprint density at radius 1 is 1.28 bits per heavy atom. The maximum Gasteiger partial charge on any atom is 0.338 e. The van der Waals surface area contributed by atoms with Crippen molar-refractivity contribution in [2.24, 2.45) is 4.99 Å². The maximum atomic E-state index is 13.5. The molecule has 3 heterocycles. The van der Waals surface area contributed by atoms with Crippen molar-refractivity contribution in [1.82, 2.24) is 4.57 Å². The normalized spacial score (nSPS) is 16.3. The molecule has 166 valence electrons. The van der Waals surface area contributed by atoms with Crippen LogP contribution in [0.3, 0.4) is 0 Å². The third kappa shape index (κ3) is 4.19. The van der Waals surface area contributed by atoms with Crippen molar-refractivity contribution in [1.29, 1.82) is 0 Å². The highest BCUT2D eigenvalue weighted by atomic mass is 79.9. The van der Waals surface area contributed by atoms with Gasteiger partial charge in [0, 0.05) is 9.35 Å². The summed E-state index contributed by atoms with van der Waals surface area (Å²) in [6, 6.07) is 9.46. The second-order valence-corrected chi connectivity index (χ2v) is 10.6. The van der Waals surface area contributed by atoms with Crippen LogP contribution in [-0.4, -0.2) is 17.1 Å². The van der Waals surface area contributed by atoms with Gasteiger partial charge in [-0.15, -0.1) is 11.3 Å². The van der Waals surface area contributed by atoms with Crippen LogP contribution in [0.15, 0.2) is 61.2 Å². The Hall–Kier alpha value is -2.29. The molecule has 1 aliphatic heterocycles. The first-order valence-electron chi connectivity index (χ1n) is 10.3. The summed E-state index contributed by atoms with van der Waals surface area (Å²) < 4.78 is 8.49. The van der Waals surface area contributed by atoms with E-state index in [4.69, 9.17) is 4.74 Å². The lowest BCUT2D eigenvalue weighted by Gasteiger charge is -2.25. The minimum atomic E-state index is -0.583. The SMILES string of the molecule is CCOC(=O)C1=C(C)N=c2s/c(=C/c3sccc3Br)c(=O)n2[C@@H]1c1ccc(C(C)C)cc1. The summed E-state index contributed by atoms with van der Waals surface area (Å²) in [6.45, 7) is 8.10. The zero-order valence-corrected chi connectivity index (χ0v) is 21.4. The third-order valence-corrected chi connectivity index (χ3v) is 8.14. The van der Waals surface area contributed by atoms with Crippen LogP contribution < -0.4 is 14.9 Å². The number of hydrogen-bond acceptors (Lipinski definition) is 6. The lowest BCUT2D eigenvalue weighted by atomic mass is 9.93. The number of benzene rings is 1. The van der Waals surface area contributed by atoms with Gasteiger partial charge < -0.3 is 4.74 Å². The molecule has 0 saturated carbocycles. The average molecular weight is 531 g/mol. The molecule has 0 saturated heterocycles. The molecule has 2 aromatic heterocycles. The molecule has 0 fully saturated rings. The largest absolute Gasteiger partial charge is 0.463 e. The van der Waals surface area contributed by atoms with E-state index in [1.165, 1.54) is 16.9 Å². The van der Waals surface area contributed by atoms with Gasteiger partial charge in [-0.3, -0.25) is 9.36 Å². The second-order valence-electron chi connectivity index (χ2n) is 7.76. The molecule has 5 nitrogen and oxygen atoms in total. The summed E-state index contributed by atoms with van der Waals surface area (Å²) in [4.78, 5) is 32.6. The topological polar surface area (TPSA) is 60.7 Å². The van der Waals surface area contributed by atoms with E-state index >= 15 is 0 Å². The van der Waals surface area contributed by atoms with Crippen LogP contribution in [0.25, 0.3) is 6.08 Å². The fourth-order valence-corrected chi connectivity index (χ4v) is 6.22. The fourth-order valence-electron chi connectivity index (χ4n) is 3.70. The number of allylic oxidation sites excluding steroid dienone is 1. The van der Waals surface area contributed by atoms with E-state index in [2.05, 4.69) is 46.9 Å². The van der Waals surface area contributed by atoms with Gasteiger partial charge in [0.15, 0.2) is 4.80 Å². The Kier molecular flexibility index (Phi) is 6.65. The Balaban J connectivity index is 1.95. The van der Waals surface area contributed by atoms with E-state index in [9.17, 15) is 9.59 Å². The van der Waals surface area contributed by atoms with Crippen LogP contribution in [0.5, 0.6) is 0 Å². The number of nitrogens with zero attached hydrogens (tertiary/aromatic N) is 2. The quantitative estimate of drug-likeness (QED) is 0.447. The maximum absolute atomic E-state index is 13.5. The van der Waals surface area contributed by atoms with Gasteiger partial charge >= 0.3 is 5.97 Å². The molecular formula is C24H23BrN2O3S2. The first-order valence-corrected chi connectivity index (χ1v) is 12.8. The van der Waals surface area contributed by atoms with Gasteiger partial charge in [-0.1, -0.05) is 49.4 Å². The van der Waals surface area contributed by atoms with Crippen molar-refractivity contribution in [3.8, 4) is 0 Å².